The van der Waals surface area contributed by atoms with Gasteiger partial charge in [0.25, 0.3) is 0 Å². The van der Waals surface area contributed by atoms with Crippen LogP contribution in [0, 0.1) is 0 Å². The first-order valence-electron chi connectivity index (χ1n) is 3.86. The second-order valence-corrected chi connectivity index (χ2v) is 3.79. The Kier molecular flexibility index (Phi) is 3.99. The number of hydrogen-bond acceptors (Lipinski definition) is 4. The van der Waals surface area contributed by atoms with Crippen LogP contribution in [-0.2, 0) is 0 Å². The van der Waals surface area contributed by atoms with Crippen LogP contribution in [0.1, 0.15) is 0 Å². The van der Waals surface area contributed by atoms with Crippen LogP contribution in [0.25, 0.3) is 10.2 Å². The Morgan fingerprint density at radius 3 is 2.62 bits per heavy atom. The second-order valence-electron chi connectivity index (χ2n) is 2.73. The van der Waals surface area contributed by atoms with Gasteiger partial charge in [0.1, 0.15) is 5.75 Å². The average Bonchev–Trinajstić information content (AvgIpc) is 2.40. The molecule has 0 unspecified atom stereocenters. The van der Waals surface area contributed by atoms with Gasteiger partial charge in [-0.25, -0.2) is 4.98 Å². The molecule has 0 atom stereocenters. The predicted octanol–water partition coefficient (Wildman–Crippen LogP) is 1.86. The van der Waals surface area contributed by atoms with E-state index in [0.717, 1.165) is 11.3 Å². The Hall–Kier alpha value is -0.578. The van der Waals surface area contributed by atoms with E-state index in [1.807, 2.05) is 0 Å². The van der Waals surface area contributed by atoms with Crippen LogP contribution in [0.5, 0.6) is 5.75 Å². The van der Waals surface area contributed by atoms with Gasteiger partial charge in [0.05, 0.1) is 10.2 Å². The molecule has 0 aliphatic carbocycles. The van der Waals surface area contributed by atoms with E-state index in [0.29, 0.717) is 15.3 Å². The monoisotopic (exact) mass is 444 g/mol. The molecule has 2 rings (SSSR count). The zero-order valence-electron chi connectivity index (χ0n) is 7.91. The number of alkyl halides is 3. The Morgan fingerprint density at radius 2 is 2.00 bits per heavy atom. The van der Waals surface area contributed by atoms with Crippen LogP contribution in [-0.4, -0.2) is 38.6 Å². The van der Waals surface area contributed by atoms with E-state index in [1.165, 1.54) is 18.2 Å². The molecule has 0 amide bonds. The van der Waals surface area contributed by atoms with Crippen molar-refractivity contribution in [1.82, 2.24) is 4.98 Å². The number of nitrogen functional groups attached to an aromatic ring is 1. The number of aromatic nitrogens is 1. The summed E-state index contributed by atoms with van der Waals surface area (Å²) in [6.45, 7) is 0. The fraction of sp³-hybridized carbons (Fsp3) is 0.125. The molecule has 0 saturated carbocycles. The topological polar surface area (TPSA) is 48.1 Å². The molecule has 8 heteroatoms. The number of thiazole rings is 1. The first kappa shape index (κ1) is 13.5. The summed E-state index contributed by atoms with van der Waals surface area (Å²) < 4.78 is 40.0. The number of hydrogen-bond donors (Lipinski definition) is 1. The van der Waals surface area contributed by atoms with Gasteiger partial charge in [-0.1, -0.05) is 11.3 Å². The summed E-state index contributed by atoms with van der Waals surface area (Å²) in [4.78, 5) is 3.91. The van der Waals surface area contributed by atoms with Crippen molar-refractivity contribution in [3.05, 3.63) is 18.2 Å². The van der Waals surface area contributed by atoms with Gasteiger partial charge >= 0.3 is 33.7 Å². The third-order valence-corrected chi connectivity index (χ3v) is 2.46. The summed E-state index contributed by atoms with van der Waals surface area (Å²) in [5.74, 6) is -0.265. The van der Waals surface area contributed by atoms with E-state index in [1.54, 1.807) is 0 Å². The molecule has 2 aromatic rings. The first-order chi connectivity index (χ1) is 6.94. The van der Waals surface area contributed by atoms with E-state index in [2.05, 4.69) is 9.72 Å². The first-order valence-corrected chi connectivity index (χ1v) is 4.67. The zero-order chi connectivity index (χ0) is 11.1. The summed E-state index contributed by atoms with van der Waals surface area (Å²) in [7, 11) is 0. The number of halogens is 3. The van der Waals surface area contributed by atoms with E-state index in [9.17, 15) is 13.2 Å². The van der Waals surface area contributed by atoms with Crippen LogP contribution in [0.2, 0.25) is 0 Å². The maximum atomic E-state index is 11.9. The number of nitrogens with two attached hydrogens (primary N) is 1. The summed E-state index contributed by atoms with van der Waals surface area (Å²) in [5, 5.41) is 0.314. The summed E-state index contributed by atoms with van der Waals surface area (Å²) in [6.07, 6.45) is -4.68. The van der Waals surface area contributed by atoms with E-state index in [4.69, 9.17) is 5.73 Å². The van der Waals surface area contributed by atoms with E-state index >= 15 is 0 Å². The van der Waals surface area contributed by atoms with Gasteiger partial charge in [0.2, 0.25) is 0 Å². The fourth-order valence-electron chi connectivity index (χ4n) is 1.12. The Balaban J connectivity index is 0.00000128. The summed E-state index contributed by atoms with van der Waals surface area (Å²) in [6, 6.07) is 3.90. The van der Waals surface area contributed by atoms with Crippen LogP contribution < -0.4 is 10.5 Å². The number of nitrogens with zero attached hydrogens (tertiary/aromatic N) is 1. The number of anilines is 1. The van der Waals surface area contributed by atoms with Crippen LogP contribution in [0.3, 0.4) is 0 Å². The SMILES string of the molecule is Nc1nc2ccc(OC(F)(F)F)cc2s1.[PbH2]. The number of benzene rings is 1. The molecule has 0 spiro atoms. The van der Waals surface area contributed by atoms with Gasteiger partial charge in [0.15, 0.2) is 5.13 Å². The Morgan fingerprint density at radius 1 is 1.31 bits per heavy atom. The number of ether oxygens (including phenoxy) is 1. The molecular formula is C8H7F3N2OPbS. The van der Waals surface area contributed by atoms with Crippen molar-refractivity contribution < 1.29 is 17.9 Å². The van der Waals surface area contributed by atoms with Crippen molar-refractivity contribution in [2.45, 2.75) is 6.36 Å². The van der Waals surface area contributed by atoms with Crippen molar-refractivity contribution in [1.29, 1.82) is 0 Å². The van der Waals surface area contributed by atoms with Gasteiger partial charge in [-0.05, 0) is 12.1 Å². The predicted molar refractivity (Wildman–Crippen MR) is 59.3 cm³/mol. The third-order valence-electron chi connectivity index (χ3n) is 1.61. The van der Waals surface area contributed by atoms with Gasteiger partial charge in [-0.15, -0.1) is 13.2 Å². The Labute approximate surface area is 113 Å². The zero-order valence-corrected chi connectivity index (χ0v) is 14.2. The molecule has 16 heavy (non-hydrogen) atoms. The molecule has 2 radical (unpaired) electrons. The summed E-state index contributed by atoms with van der Waals surface area (Å²) >= 11 is 1.11. The van der Waals surface area contributed by atoms with Crippen molar-refractivity contribution >= 4 is 54.0 Å². The molecule has 1 aromatic carbocycles. The molecule has 86 valence electrons. The molecular weight excluding hydrogens is 436 g/mol. The summed E-state index contributed by atoms with van der Waals surface area (Å²) in [5.41, 5.74) is 5.97. The number of fused-ring (bicyclic) bond motifs is 1. The molecule has 0 aliphatic rings. The normalized spacial score (nSPS) is 11.2. The quantitative estimate of drug-likeness (QED) is 0.685. The molecule has 1 heterocycles. The maximum absolute atomic E-state index is 11.9. The average molecular weight is 443 g/mol. The van der Waals surface area contributed by atoms with Gasteiger partial charge < -0.3 is 10.5 Å². The van der Waals surface area contributed by atoms with Crippen molar-refractivity contribution in [3.63, 3.8) is 0 Å². The number of rotatable bonds is 1. The van der Waals surface area contributed by atoms with Crippen LogP contribution >= 0.6 is 11.3 Å². The molecule has 0 saturated heterocycles. The minimum atomic E-state index is -4.68. The van der Waals surface area contributed by atoms with Crippen LogP contribution in [0.4, 0.5) is 18.3 Å². The third kappa shape index (κ3) is 3.20. The molecule has 3 nitrogen and oxygen atoms in total. The standard InChI is InChI=1S/C8H5F3N2OS.Pb.2H/c9-8(10,11)14-4-1-2-5-6(3-4)15-7(12)13-5;;;/h1-3H,(H2,12,13);;;. The van der Waals surface area contributed by atoms with Gasteiger partial charge in [-0.3, -0.25) is 0 Å². The van der Waals surface area contributed by atoms with Crippen molar-refractivity contribution in [2.24, 2.45) is 0 Å². The van der Waals surface area contributed by atoms with E-state index < -0.39 is 6.36 Å². The molecule has 2 N–H and O–H groups in total. The fourth-order valence-corrected chi connectivity index (χ4v) is 1.88. The minimum absolute atomic E-state index is 0. The second kappa shape index (κ2) is 4.74. The van der Waals surface area contributed by atoms with E-state index in [-0.39, 0.29) is 33.0 Å². The van der Waals surface area contributed by atoms with Crippen molar-refractivity contribution in [3.8, 4) is 5.75 Å². The van der Waals surface area contributed by atoms with Crippen molar-refractivity contribution in [2.75, 3.05) is 5.73 Å². The van der Waals surface area contributed by atoms with Gasteiger partial charge in [0, 0.05) is 6.07 Å². The molecule has 0 aliphatic heterocycles. The van der Waals surface area contributed by atoms with Crippen LogP contribution in [0.15, 0.2) is 18.2 Å². The van der Waals surface area contributed by atoms with Gasteiger partial charge in [-0.2, -0.15) is 0 Å². The molecule has 0 bridgehead atoms. The molecule has 1 aromatic heterocycles. The Bertz CT molecular complexity index is 499. The molecule has 0 fully saturated rings.